The molecule has 1 heterocycles. The average Bonchev–Trinajstić information content (AvgIpc) is 3.24. The maximum atomic E-state index is 5.87. The third-order valence-electron chi connectivity index (χ3n) is 5.13. The lowest BCUT2D eigenvalue weighted by molar-refractivity contribution is 0.309. The molecule has 0 spiro atoms. The van der Waals surface area contributed by atoms with Crippen molar-refractivity contribution in [3.05, 3.63) is 95.8 Å². The fraction of sp³-hybridized carbons (Fsp3) is 0.259. The van der Waals surface area contributed by atoms with E-state index in [0.717, 1.165) is 53.4 Å². The van der Waals surface area contributed by atoms with Crippen molar-refractivity contribution >= 4 is 23.5 Å². The molecule has 6 heteroatoms. The maximum Gasteiger partial charge on any atom is 0.195 e. The van der Waals surface area contributed by atoms with E-state index in [-0.39, 0.29) is 0 Å². The predicted octanol–water partition coefficient (Wildman–Crippen LogP) is 7.13. The minimum Gasteiger partial charge on any atom is -0.494 e. The van der Waals surface area contributed by atoms with Gasteiger partial charge in [0, 0.05) is 16.3 Å². The van der Waals surface area contributed by atoms with Gasteiger partial charge in [-0.2, -0.15) is 0 Å². The molecule has 0 saturated heterocycles. The molecule has 4 nitrogen and oxygen atoms in total. The number of hydrogen-bond donors (Lipinski definition) is 0. The van der Waals surface area contributed by atoms with Crippen molar-refractivity contribution in [2.24, 2.45) is 0 Å². The van der Waals surface area contributed by atoms with Gasteiger partial charge in [0.2, 0.25) is 0 Å². The van der Waals surface area contributed by atoms with E-state index in [0.29, 0.717) is 0 Å². The fourth-order valence-corrected chi connectivity index (χ4v) is 5.15. The first-order valence-corrected chi connectivity index (χ1v) is 13.2. The maximum absolute atomic E-state index is 5.87. The Labute approximate surface area is 204 Å². The van der Waals surface area contributed by atoms with Gasteiger partial charge in [0.1, 0.15) is 11.6 Å². The summed E-state index contributed by atoms with van der Waals surface area (Å²) in [5.74, 6) is 3.67. The molecule has 3 aromatic carbocycles. The van der Waals surface area contributed by atoms with Crippen LogP contribution in [-0.4, -0.2) is 27.1 Å². The molecular weight excluding hydrogens is 446 g/mol. The number of benzene rings is 3. The van der Waals surface area contributed by atoms with Crippen molar-refractivity contribution in [2.75, 3.05) is 12.4 Å². The van der Waals surface area contributed by atoms with E-state index in [1.807, 2.05) is 18.2 Å². The molecule has 0 aliphatic heterocycles. The smallest absolute Gasteiger partial charge is 0.195 e. The summed E-state index contributed by atoms with van der Waals surface area (Å²) < 4.78 is 8.06. The number of nitrogens with zero attached hydrogens (tertiary/aromatic N) is 3. The molecule has 0 bridgehead atoms. The van der Waals surface area contributed by atoms with Crippen molar-refractivity contribution in [3.63, 3.8) is 0 Å². The zero-order valence-corrected chi connectivity index (χ0v) is 20.7. The summed E-state index contributed by atoms with van der Waals surface area (Å²) in [6.45, 7) is 4.92. The number of thioether (sulfide) groups is 2. The van der Waals surface area contributed by atoms with Gasteiger partial charge in [-0.1, -0.05) is 59.8 Å². The summed E-state index contributed by atoms with van der Waals surface area (Å²) in [6, 6.07) is 27.2. The predicted molar refractivity (Wildman–Crippen MR) is 139 cm³/mol. The van der Waals surface area contributed by atoms with Gasteiger partial charge in [-0.3, -0.25) is 4.57 Å². The standard InChI is InChI=1S/C27H29N3OS2/c1-21-13-15-25(16-14-21)33-20-26-28-29-27(30(26)23-10-4-3-5-11-23)32-18-7-6-17-31-24-12-8-9-22(2)19-24/h3-5,8-16,19H,6-7,17-18,20H2,1-2H3. The Morgan fingerprint density at radius 2 is 1.61 bits per heavy atom. The van der Waals surface area contributed by atoms with Crippen molar-refractivity contribution in [1.29, 1.82) is 0 Å². The number of aromatic nitrogens is 3. The van der Waals surface area contributed by atoms with Gasteiger partial charge in [0.05, 0.1) is 12.4 Å². The third kappa shape index (κ3) is 6.89. The molecular formula is C27H29N3OS2. The highest BCUT2D eigenvalue weighted by Crippen LogP contribution is 2.28. The quantitative estimate of drug-likeness (QED) is 0.170. The highest BCUT2D eigenvalue weighted by molar-refractivity contribution is 7.99. The zero-order chi connectivity index (χ0) is 22.9. The SMILES string of the molecule is Cc1ccc(SCc2nnc(SCCCCOc3cccc(C)c3)n2-c2ccccc2)cc1. The van der Waals surface area contributed by atoms with Crippen molar-refractivity contribution in [3.8, 4) is 11.4 Å². The van der Waals surface area contributed by atoms with Crippen LogP contribution in [0.2, 0.25) is 0 Å². The van der Waals surface area contributed by atoms with E-state index in [1.165, 1.54) is 16.0 Å². The van der Waals surface area contributed by atoms with E-state index >= 15 is 0 Å². The van der Waals surface area contributed by atoms with E-state index in [2.05, 4.69) is 89.3 Å². The molecule has 4 aromatic rings. The largest absolute Gasteiger partial charge is 0.494 e. The fourth-order valence-electron chi connectivity index (χ4n) is 3.37. The van der Waals surface area contributed by atoms with E-state index < -0.39 is 0 Å². The number of aryl methyl sites for hydroxylation is 2. The van der Waals surface area contributed by atoms with Crippen LogP contribution in [0.3, 0.4) is 0 Å². The van der Waals surface area contributed by atoms with E-state index in [9.17, 15) is 0 Å². The van der Waals surface area contributed by atoms with Gasteiger partial charge < -0.3 is 4.74 Å². The Balaban J connectivity index is 1.34. The summed E-state index contributed by atoms with van der Waals surface area (Å²) in [5.41, 5.74) is 3.60. The molecule has 4 rings (SSSR count). The number of para-hydroxylation sites is 1. The summed E-state index contributed by atoms with van der Waals surface area (Å²) >= 11 is 3.55. The molecule has 0 aliphatic carbocycles. The van der Waals surface area contributed by atoms with Crippen LogP contribution in [0.25, 0.3) is 5.69 Å². The van der Waals surface area contributed by atoms with Gasteiger partial charge in [-0.15, -0.1) is 22.0 Å². The first-order valence-electron chi connectivity index (χ1n) is 11.2. The van der Waals surface area contributed by atoms with Crippen molar-refractivity contribution in [1.82, 2.24) is 14.8 Å². The first-order chi connectivity index (χ1) is 16.2. The van der Waals surface area contributed by atoms with Crippen LogP contribution in [0.5, 0.6) is 5.75 Å². The Morgan fingerprint density at radius 1 is 0.788 bits per heavy atom. The summed E-state index contributed by atoms with van der Waals surface area (Å²) in [4.78, 5) is 1.24. The molecule has 0 radical (unpaired) electrons. The molecule has 0 aliphatic rings. The van der Waals surface area contributed by atoms with Crippen LogP contribution < -0.4 is 4.74 Å². The molecule has 33 heavy (non-hydrogen) atoms. The number of unbranched alkanes of at least 4 members (excludes halogenated alkanes) is 1. The highest BCUT2D eigenvalue weighted by atomic mass is 32.2. The first kappa shape index (κ1) is 23.5. The normalized spacial score (nSPS) is 11.0. The number of ether oxygens (including phenoxy) is 1. The second kappa shape index (κ2) is 12.0. The molecule has 0 fully saturated rings. The molecule has 0 amide bonds. The minimum absolute atomic E-state index is 0.730. The lowest BCUT2D eigenvalue weighted by Gasteiger charge is -2.10. The van der Waals surface area contributed by atoms with Gasteiger partial charge in [-0.25, -0.2) is 0 Å². The van der Waals surface area contributed by atoms with Crippen LogP contribution in [0.4, 0.5) is 0 Å². The van der Waals surface area contributed by atoms with E-state index in [1.54, 1.807) is 23.5 Å². The Kier molecular flexibility index (Phi) is 8.50. The van der Waals surface area contributed by atoms with Crippen molar-refractivity contribution in [2.45, 2.75) is 42.5 Å². The zero-order valence-electron chi connectivity index (χ0n) is 19.1. The molecule has 0 N–H and O–H groups in total. The Hall–Kier alpha value is -2.70. The van der Waals surface area contributed by atoms with Crippen molar-refractivity contribution < 1.29 is 4.74 Å². The molecule has 0 unspecified atom stereocenters. The number of rotatable bonds is 11. The van der Waals surface area contributed by atoms with Crippen LogP contribution in [-0.2, 0) is 5.75 Å². The molecule has 0 atom stereocenters. The van der Waals surface area contributed by atoms with Crippen LogP contribution >= 0.6 is 23.5 Å². The molecule has 0 saturated carbocycles. The lowest BCUT2D eigenvalue weighted by atomic mass is 10.2. The molecule has 170 valence electrons. The monoisotopic (exact) mass is 475 g/mol. The van der Waals surface area contributed by atoms with Crippen LogP contribution in [0, 0.1) is 13.8 Å². The summed E-state index contributed by atoms with van der Waals surface area (Å²) in [6.07, 6.45) is 2.07. The third-order valence-corrected chi connectivity index (χ3v) is 7.16. The average molecular weight is 476 g/mol. The summed E-state index contributed by atoms with van der Waals surface area (Å²) in [5, 5.41) is 10.0. The second-order valence-electron chi connectivity index (χ2n) is 7.89. The number of hydrogen-bond acceptors (Lipinski definition) is 5. The highest BCUT2D eigenvalue weighted by Gasteiger charge is 2.14. The van der Waals surface area contributed by atoms with Gasteiger partial charge in [-0.05, 0) is 68.7 Å². The van der Waals surface area contributed by atoms with Gasteiger partial charge >= 0.3 is 0 Å². The van der Waals surface area contributed by atoms with E-state index in [4.69, 9.17) is 4.74 Å². The van der Waals surface area contributed by atoms with Crippen LogP contribution in [0.15, 0.2) is 88.9 Å². The molecule has 1 aromatic heterocycles. The Bertz CT molecular complexity index is 1140. The lowest BCUT2D eigenvalue weighted by Crippen LogP contribution is -2.02. The van der Waals surface area contributed by atoms with Gasteiger partial charge in [0.25, 0.3) is 0 Å². The summed E-state index contributed by atoms with van der Waals surface area (Å²) in [7, 11) is 0. The van der Waals surface area contributed by atoms with Gasteiger partial charge in [0.15, 0.2) is 5.16 Å². The minimum atomic E-state index is 0.730. The van der Waals surface area contributed by atoms with Crippen LogP contribution in [0.1, 0.15) is 29.8 Å². The second-order valence-corrected chi connectivity index (χ2v) is 10.0. The topological polar surface area (TPSA) is 39.9 Å². The Morgan fingerprint density at radius 3 is 2.39 bits per heavy atom.